The molecule has 0 unspecified atom stereocenters. The topological polar surface area (TPSA) is 68.2 Å². The number of hydrogen-bond acceptors (Lipinski definition) is 3. The van der Waals surface area contributed by atoms with Crippen molar-refractivity contribution >= 4 is 32.3 Å². The second-order valence-corrected chi connectivity index (χ2v) is 9.40. The van der Waals surface area contributed by atoms with Gasteiger partial charge in [-0.1, -0.05) is 48.0 Å². The number of rotatable bonds is 6. The largest absolute Gasteiger partial charge is 0.337 e. The number of nitrogens with zero attached hydrogens (tertiary/aromatic N) is 1. The average molecular weight is 437 g/mol. The molecule has 5 nitrogen and oxygen atoms in total. The van der Waals surface area contributed by atoms with E-state index in [-0.39, 0.29) is 23.1 Å². The molecule has 0 aliphatic heterocycles. The Bertz CT molecular complexity index is 1360. The number of fused-ring (bicyclic) bond motifs is 1. The number of nitrogens with one attached hydrogen (secondary N) is 1. The van der Waals surface area contributed by atoms with Gasteiger partial charge in [0, 0.05) is 22.8 Å². The van der Waals surface area contributed by atoms with E-state index in [1.54, 1.807) is 34.9 Å². The quantitative estimate of drug-likeness (QED) is 0.476. The van der Waals surface area contributed by atoms with E-state index in [1.165, 1.54) is 30.5 Å². The molecule has 0 aliphatic carbocycles. The number of aromatic nitrogens is 1. The van der Waals surface area contributed by atoms with E-state index in [9.17, 15) is 17.6 Å². The zero-order chi connectivity index (χ0) is 22.0. The first kappa shape index (κ1) is 20.8. The Balaban J connectivity index is 1.64. The van der Waals surface area contributed by atoms with Crippen molar-refractivity contribution in [3.05, 3.63) is 95.9 Å². The van der Waals surface area contributed by atoms with Crippen molar-refractivity contribution in [2.24, 2.45) is 0 Å². The second-order valence-electron chi connectivity index (χ2n) is 7.44. The highest BCUT2D eigenvalue weighted by molar-refractivity contribution is 7.90. The van der Waals surface area contributed by atoms with Crippen LogP contribution in [0.15, 0.2) is 83.9 Å². The smallest absolute Gasteiger partial charge is 0.244 e. The van der Waals surface area contributed by atoms with Crippen LogP contribution in [0.25, 0.3) is 10.9 Å². The molecular formula is C24H21FN2O3S. The lowest BCUT2D eigenvalue weighted by atomic mass is 10.2. The summed E-state index contributed by atoms with van der Waals surface area (Å²) in [6, 6.07) is 20.0. The van der Waals surface area contributed by atoms with Gasteiger partial charge in [0.1, 0.15) is 12.4 Å². The maximum absolute atomic E-state index is 13.2. The third-order valence-corrected chi connectivity index (χ3v) is 6.68. The summed E-state index contributed by atoms with van der Waals surface area (Å²) in [6.45, 7) is 1.85. The lowest BCUT2D eigenvalue weighted by Gasteiger charge is -2.07. The Hall–Kier alpha value is -3.45. The molecule has 0 fully saturated rings. The third-order valence-electron chi connectivity index (χ3n) is 4.97. The fourth-order valence-electron chi connectivity index (χ4n) is 3.58. The molecule has 0 saturated heterocycles. The lowest BCUT2D eigenvalue weighted by molar-refractivity contribution is -0.116. The summed E-state index contributed by atoms with van der Waals surface area (Å²) in [5.41, 5.74) is 2.83. The van der Waals surface area contributed by atoms with Crippen LogP contribution >= 0.6 is 0 Å². The molecule has 0 radical (unpaired) electrons. The Morgan fingerprint density at radius 1 is 1.00 bits per heavy atom. The number of para-hydroxylation sites is 1. The third kappa shape index (κ3) is 4.67. The van der Waals surface area contributed by atoms with Gasteiger partial charge in [-0.25, -0.2) is 12.8 Å². The predicted octanol–water partition coefficient (Wildman–Crippen LogP) is 4.70. The fourth-order valence-corrected chi connectivity index (χ4v) is 5.15. The first-order chi connectivity index (χ1) is 14.8. The first-order valence-corrected chi connectivity index (χ1v) is 11.4. The van der Waals surface area contributed by atoms with Crippen molar-refractivity contribution in [1.29, 1.82) is 0 Å². The van der Waals surface area contributed by atoms with Crippen molar-refractivity contribution in [3.8, 4) is 0 Å². The van der Waals surface area contributed by atoms with Crippen LogP contribution in [0.5, 0.6) is 0 Å². The highest BCUT2D eigenvalue weighted by atomic mass is 32.2. The van der Waals surface area contributed by atoms with Crippen LogP contribution < -0.4 is 5.32 Å². The van der Waals surface area contributed by atoms with Crippen molar-refractivity contribution in [3.63, 3.8) is 0 Å². The molecule has 1 heterocycles. The first-order valence-electron chi connectivity index (χ1n) is 9.73. The van der Waals surface area contributed by atoms with Gasteiger partial charge in [0.25, 0.3) is 0 Å². The summed E-state index contributed by atoms with van der Waals surface area (Å²) in [7, 11) is -3.63. The molecule has 4 rings (SSSR count). The fraction of sp³-hybridized carbons (Fsp3) is 0.125. The molecule has 0 saturated carbocycles. The molecule has 0 bridgehead atoms. The highest BCUT2D eigenvalue weighted by Gasteiger charge is 2.22. The molecule has 1 N–H and O–H groups in total. The van der Waals surface area contributed by atoms with Gasteiger partial charge in [0.15, 0.2) is 9.84 Å². The number of anilines is 1. The van der Waals surface area contributed by atoms with Gasteiger partial charge >= 0.3 is 0 Å². The number of aryl methyl sites for hydroxylation is 1. The number of carbonyl (C=O) groups excluding carboxylic acids is 1. The summed E-state index contributed by atoms with van der Waals surface area (Å²) in [6.07, 6.45) is 1.51. The van der Waals surface area contributed by atoms with Gasteiger partial charge in [-0.2, -0.15) is 0 Å². The summed E-state index contributed by atoms with van der Waals surface area (Å²) >= 11 is 0. The Morgan fingerprint density at radius 2 is 1.74 bits per heavy atom. The number of halogens is 1. The van der Waals surface area contributed by atoms with E-state index >= 15 is 0 Å². The maximum Gasteiger partial charge on any atom is 0.244 e. The van der Waals surface area contributed by atoms with Gasteiger partial charge in [-0.15, -0.1) is 0 Å². The van der Waals surface area contributed by atoms with Crippen LogP contribution in [0.3, 0.4) is 0 Å². The minimum Gasteiger partial charge on any atom is -0.337 e. The number of carbonyl (C=O) groups is 1. The van der Waals surface area contributed by atoms with Crippen LogP contribution in [-0.4, -0.2) is 18.9 Å². The van der Waals surface area contributed by atoms with Gasteiger partial charge in [-0.05, 0) is 42.8 Å². The van der Waals surface area contributed by atoms with Crippen LogP contribution in [0.2, 0.25) is 0 Å². The molecule has 1 aromatic heterocycles. The predicted molar refractivity (Wildman–Crippen MR) is 119 cm³/mol. The molecule has 4 aromatic rings. The van der Waals surface area contributed by atoms with E-state index in [0.717, 1.165) is 5.56 Å². The number of benzene rings is 3. The van der Waals surface area contributed by atoms with Crippen LogP contribution in [-0.2, 0) is 26.9 Å². The molecule has 1 amide bonds. The van der Waals surface area contributed by atoms with Gasteiger partial charge in [0.05, 0.1) is 10.6 Å². The molecule has 7 heteroatoms. The minimum atomic E-state index is -3.63. The molecule has 0 atom stereocenters. The summed E-state index contributed by atoms with van der Waals surface area (Å²) < 4.78 is 41.1. The number of hydrogen-bond donors (Lipinski definition) is 1. The zero-order valence-corrected chi connectivity index (χ0v) is 17.7. The minimum absolute atomic E-state index is 0.0716. The molecular weight excluding hydrogens is 415 g/mol. The normalized spacial score (nSPS) is 11.5. The van der Waals surface area contributed by atoms with Crippen molar-refractivity contribution in [2.75, 3.05) is 5.32 Å². The lowest BCUT2D eigenvalue weighted by Crippen LogP contribution is -2.18. The Kier molecular flexibility index (Phi) is 5.61. The van der Waals surface area contributed by atoms with Gasteiger partial charge in [0.2, 0.25) is 5.91 Å². The molecule has 31 heavy (non-hydrogen) atoms. The molecule has 158 valence electrons. The second kappa shape index (κ2) is 8.35. The molecule has 0 spiro atoms. The van der Waals surface area contributed by atoms with Crippen molar-refractivity contribution < 1.29 is 17.6 Å². The van der Waals surface area contributed by atoms with Crippen molar-refractivity contribution in [1.82, 2.24) is 4.57 Å². The summed E-state index contributed by atoms with van der Waals surface area (Å²) in [4.78, 5) is 12.7. The number of amides is 1. The highest BCUT2D eigenvalue weighted by Crippen LogP contribution is 2.28. The SMILES string of the molecule is Cc1cccc(CS(=O)(=O)c2cn(CC(=O)Nc3ccc(F)cc3)c3ccccc23)c1. The Morgan fingerprint density at radius 3 is 2.48 bits per heavy atom. The summed E-state index contributed by atoms with van der Waals surface area (Å²) in [5, 5.41) is 3.27. The molecule has 0 aliphatic rings. The Labute approximate surface area is 180 Å². The van der Waals surface area contributed by atoms with Gasteiger partial charge < -0.3 is 9.88 Å². The molecule has 3 aromatic carbocycles. The van der Waals surface area contributed by atoms with Crippen LogP contribution in [0, 0.1) is 12.7 Å². The van der Waals surface area contributed by atoms with Crippen LogP contribution in [0.4, 0.5) is 10.1 Å². The monoisotopic (exact) mass is 436 g/mol. The number of sulfone groups is 1. The average Bonchev–Trinajstić information content (AvgIpc) is 3.09. The summed E-state index contributed by atoms with van der Waals surface area (Å²) in [5.74, 6) is -0.849. The van der Waals surface area contributed by atoms with Crippen molar-refractivity contribution in [2.45, 2.75) is 24.1 Å². The maximum atomic E-state index is 13.2. The standard InChI is InChI=1S/C24H21FN2O3S/c1-17-5-4-6-18(13-17)16-31(29,30)23-14-27(22-8-3-2-7-21(22)23)15-24(28)26-20-11-9-19(25)10-12-20/h2-14H,15-16H2,1H3,(H,26,28). The van der Waals surface area contributed by atoms with E-state index < -0.39 is 15.7 Å². The van der Waals surface area contributed by atoms with Crippen LogP contribution in [0.1, 0.15) is 11.1 Å². The van der Waals surface area contributed by atoms with E-state index in [4.69, 9.17) is 0 Å². The van der Waals surface area contributed by atoms with Gasteiger partial charge in [-0.3, -0.25) is 4.79 Å². The van der Waals surface area contributed by atoms with E-state index in [0.29, 0.717) is 22.2 Å². The van der Waals surface area contributed by atoms with E-state index in [1.807, 2.05) is 25.1 Å². The zero-order valence-electron chi connectivity index (χ0n) is 16.9. The van der Waals surface area contributed by atoms with E-state index in [2.05, 4.69) is 5.32 Å².